The molecule has 3 rings (SSSR count). The van der Waals surface area contributed by atoms with Crippen LogP contribution in [-0.4, -0.2) is 36.1 Å². The summed E-state index contributed by atoms with van der Waals surface area (Å²) in [6.45, 7) is 1.98. The van der Waals surface area contributed by atoms with Crippen molar-refractivity contribution in [1.29, 1.82) is 0 Å². The summed E-state index contributed by atoms with van der Waals surface area (Å²) in [5.41, 5.74) is 1.06. The van der Waals surface area contributed by atoms with Gasteiger partial charge in [0.25, 0.3) is 5.91 Å². The number of carbonyl (C=O) groups excluding carboxylic acids is 1. The molecule has 1 aliphatic rings. The Labute approximate surface area is 143 Å². The zero-order valence-electron chi connectivity index (χ0n) is 12.8. The zero-order valence-corrected chi connectivity index (χ0v) is 14.3. The number of nitrogens with zero attached hydrogens (tertiary/aromatic N) is 3. The first-order chi connectivity index (χ1) is 11.2. The maximum atomic E-state index is 12.4. The van der Waals surface area contributed by atoms with Gasteiger partial charge in [-0.1, -0.05) is 0 Å². The molecule has 0 spiro atoms. The van der Waals surface area contributed by atoms with E-state index in [1.165, 1.54) is 12.8 Å². The van der Waals surface area contributed by atoms with E-state index in [1.54, 1.807) is 37.7 Å². The molecule has 0 bridgehead atoms. The summed E-state index contributed by atoms with van der Waals surface area (Å²) in [6.07, 6.45) is 5.61. The number of carbonyl (C=O) groups is 1. The Hall–Kier alpha value is -2.15. The first-order valence-corrected chi connectivity index (χ1v) is 8.18. The number of halogens is 1. The third-order valence-corrected chi connectivity index (χ3v) is 4.39. The third-order valence-electron chi connectivity index (χ3n) is 3.70. The lowest BCUT2D eigenvalue weighted by atomic mass is 10.2. The van der Waals surface area contributed by atoms with Crippen LogP contribution in [0.5, 0.6) is 5.75 Å². The standard InChI is InChI=1S/C16H17BrN4O2/c1-23-12-4-5-14(17)13(8-12)15(22)20-11-9-18-16(19-10-11)21-6-2-3-7-21/h4-5,8-10H,2-3,6-7H2,1H3,(H,20,22). The highest BCUT2D eigenvalue weighted by Gasteiger charge is 2.15. The van der Waals surface area contributed by atoms with Crippen LogP contribution in [0.1, 0.15) is 23.2 Å². The molecule has 0 aliphatic carbocycles. The number of hydrogen-bond donors (Lipinski definition) is 1. The van der Waals surface area contributed by atoms with E-state index in [-0.39, 0.29) is 5.91 Å². The summed E-state index contributed by atoms with van der Waals surface area (Å²) >= 11 is 3.38. The Morgan fingerprint density at radius 2 is 1.96 bits per heavy atom. The minimum Gasteiger partial charge on any atom is -0.497 e. The number of amides is 1. The highest BCUT2D eigenvalue weighted by atomic mass is 79.9. The van der Waals surface area contributed by atoms with Crippen LogP contribution >= 0.6 is 15.9 Å². The molecule has 1 aromatic heterocycles. The molecule has 1 N–H and O–H groups in total. The van der Waals surface area contributed by atoms with Crippen LogP contribution in [0.25, 0.3) is 0 Å². The van der Waals surface area contributed by atoms with E-state index in [0.29, 0.717) is 27.4 Å². The highest BCUT2D eigenvalue weighted by Crippen LogP contribution is 2.23. The molecule has 1 amide bonds. The molecule has 2 aromatic rings. The van der Waals surface area contributed by atoms with Gasteiger partial charge in [0.2, 0.25) is 5.95 Å². The predicted octanol–water partition coefficient (Wildman–Crippen LogP) is 3.10. The normalized spacial score (nSPS) is 13.9. The van der Waals surface area contributed by atoms with Gasteiger partial charge in [-0.05, 0) is 47.0 Å². The van der Waals surface area contributed by atoms with Crippen molar-refractivity contribution in [3.63, 3.8) is 0 Å². The largest absolute Gasteiger partial charge is 0.497 e. The monoisotopic (exact) mass is 376 g/mol. The summed E-state index contributed by atoms with van der Waals surface area (Å²) in [6, 6.07) is 5.24. The van der Waals surface area contributed by atoms with Crippen LogP contribution in [0.2, 0.25) is 0 Å². The van der Waals surface area contributed by atoms with Crippen molar-refractivity contribution in [2.24, 2.45) is 0 Å². The average Bonchev–Trinajstić information content (AvgIpc) is 3.10. The zero-order chi connectivity index (χ0) is 16.2. The minimum absolute atomic E-state index is 0.242. The van der Waals surface area contributed by atoms with E-state index in [9.17, 15) is 4.79 Å². The third kappa shape index (κ3) is 3.61. The number of rotatable bonds is 4. The van der Waals surface area contributed by atoms with Gasteiger partial charge in [0.1, 0.15) is 5.75 Å². The molecule has 1 aromatic carbocycles. The molecule has 2 heterocycles. The summed E-state index contributed by atoms with van der Waals surface area (Å²) in [7, 11) is 1.57. The number of benzene rings is 1. The van der Waals surface area contributed by atoms with Crippen molar-refractivity contribution in [1.82, 2.24) is 9.97 Å². The van der Waals surface area contributed by atoms with Crippen molar-refractivity contribution < 1.29 is 9.53 Å². The van der Waals surface area contributed by atoms with Crippen molar-refractivity contribution in [3.05, 3.63) is 40.6 Å². The fourth-order valence-corrected chi connectivity index (χ4v) is 2.90. The molecule has 1 saturated heterocycles. The second kappa shape index (κ2) is 6.95. The lowest BCUT2D eigenvalue weighted by Gasteiger charge is -2.15. The lowest BCUT2D eigenvalue weighted by Crippen LogP contribution is -2.20. The van der Waals surface area contributed by atoms with Gasteiger partial charge in [-0.3, -0.25) is 4.79 Å². The van der Waals surface area contributed by atoms with Crippen molar-refractivity contribution in [2.75, 3.05) is 30.4 Å². The molecule has 7 heteroatoms. The molecule has 1 fully saturated rings. The predicted molar refractivity (Wildman–Crippen MR) is 92.1 cm³/mol. The van der Waals surface area contributed by atoms with Gasteiger partial charge in [0.15, 0.2) is 0 Å². The summed E-state index contributed by atoms with van der Waals surface area (Å²) in [5, 5.41) is 2.80. The second-order valence-electron chi connectivity index (χ2n) is 5.27. The van der Waals surface area contributed by atoms with Crippen LogP contribution < -0.4 is 15.0 Å². The van der Waals surface area contributed by atoms with Gasteiger partial charge >= 0.3 is 0 Å². The molecule has 0 saturated carbocycles. The molecular weight excluding hydrogens is 360 g/mol. The first-order valence-electron chi connectivity index (χ1n) is 7.39. The smallest absolute Gasteiger partial charge is 0.257 e. The van der Waals surface area contributed by atoms with Crippen molar-refractivity contribution in [3.8, 4) is 5.75 Å². The average molecular weight is 377 g/mol. The number of methoxy groups -OCH3 is 1. The lowest BCUT2D eigenvalue weighted by molar-refractivity contribution is 0.102. The Balaban J connectivity index is 1.72. The SMILES string of the molecule is COc1ccc(Br)c(C(=O)Nc2cnc(N3CCCC3)nc2)c1. The van der Waals surface area contributed by atoms with Gasteiger partial charge < -0.3 is 15.0 Å². The van der Waals surface area contributed by atoms with Gasteiger partial charge in [0.05, 0.1) is 30.8 Å². The molecule has 1 aliphatic heterocycles. The molecular formula is C16H17BrN4O2. The van der Waals surface area contributed by atoms with E-state index < -0.39 is 0 Å². The van der Waals surface area contributed by atoms with E-state index in [0.717, 1.165) is 13.1 Å². The topological polar surface area (TPSA) is 67.3 Å². The van der Waals surface area contributed by atoms with Gasteiger partial charge in [-0.15, -0.1) is 0 Å². The molecule has 6 nitrogen and oxygen atoms in total. The van der Waals surface area contributed by atoms with Crippen LogP contribution in [0.4, 0.5) is 11.6 Å². The Kier molecular flexibility index (Phi) is 4.76. The van der Waals surface area contributed by atoms with Crippen LogP contribution in [0.15, 0.2) is 35.1 Å². The number of nitrogens with one attached hydrogen (secondary N) is 1. The van der Waals surface area contributed by atoms with E-state index >= 15 is 0 Å². The van der Waals surface area contributed by atoms with Gasteiger partial charge in [0, 0.05) is 17.6 Å². The minimum atomic E-state index is -0.242. The van der Waals surface area contributed by atoms with Gasteiger partial charge in [-0.25, -0.2) is 9.97 Å². The van der Waals surface area contributed by atoms with Crippen LogP contribution in [-0.2, 0) is 0 Å². The number of anilines is 2. The molecule has 120 valence electrons. The number of ether oxygens (including phenoxy) is 1. The fraction of sp³-hybridized carbons (Fsp3) is 0.312. The molecule has 0 atom stereocenters. The maximum Gasteiger partial charge on any atom is 0.257 e. The second-order valence-corrected chi connectivity index (χ2v) is 6.12. The summed E-state index contributed by atoms with van der Waals surface area (Å²) in [4.78, 5) is 23.2. The van der Waals surface area contributed by atoms with Crippen LogP contribution in [0.3, 0.4) is 0 Å². The first kappa shape index (κ1) is 15.7. The van der Waals surface area contributed by atoms with E-state index in [1.807, 2.05) is 0 Å². The number of aromatic nitrogens is 2. The van der Waals surface area contributed by atoms with Crippen molar-refractivity contribution >= 4 is 33.5 Å². The van der Waals surface area contributed by atoms with Crippen molar-refractivity contribution in [2.45, 2.75) is 12.8 Å². The Morgan fingerprint density at radius 1 is 1.26 bits per heavy atom. The molecule has 23 heavy (non-hydrogen) atoms. The van der Waals surface area contributed by atoms with Gasteiger partial charge in [-0.2, -0.15) is 0 Å². The highest BCUT2D eigenvalue weighted by molar-refractivity contribution is 9.10. The summed E-state index contributed by atoms with van der Waals surface area (Å²) < 4.78 is 5.85. The van der Waals surface area contributed by atoms with E-state index in [4.69, 9.17) is 4.74 Å². The Morgan fingerprint density at radius 3 is 2.61 bits per heavy atom. The quantitative estimate of drug-likeness (QED) is 0.887. The maximum absolute atomic E-state index is 12.4. The summed E-state index contributed by atoms with van der Waals surface area (Å²) in [5.74, 6) is 1.09. The van der Waals surface area contributed by atoms with E-state index in [2.05, 4.69) is 36.1 Å². The molecule has 0 radical (unpaired) electrons. The molecule has 0 unspecified atom stereocenters. The fourth-order valence-electron chi connectivity index (χ4n) is 2.47. The van der Waals surface area contributed by atoms with Crippen LogP contribution in [0, 0.1) is 0 Å². The Bertz CT molecular complexity index is 700. The number of hydrogen-bond acceptors (Lipinski definition) is 5.